The number of nitrogens with one attached hydrogen (secondary N) is 1. The first-order chi connectivity index (χ1) is 12.2. The van der Waals surface area contributed by atoms with E-state index >= 15 is 0 Å². The number of fused-ring (bicyclic) bond motifs is 1. The van der Waals surface area contributed by atoms with Crippen LogP contribution in [0.15, 0.2) is 24.3 Å². The van der Waals surface area contributed by atoms with Crippen LogP contribution in [0.25, 0.3) is 0 Å². The molecule has 0 aliphatic carbocycles. The van der Waals surface area contributed by atoms with Crippen LogP contribution in [0.3, 0.4) is 0 Å². The Bertz CT molecular complexity index is 752. The molecule has 1 saturated heterocycles. The van der Waals surface area contributed by atoms with Crippen molar-refractivity contribution in [2.75, 3.05) is 19.7 Å². The molecular formula is C18H22N4O3. The van der Waals surface area contributed by atoms with Crippen molar-refractivity contribution in [3.63, 3.8) is 0 Å². The van der Waals surface area contributed by atoms with Crippen molar-refractivity contribution in [2.24, 2.45) is 0 Å². The topological polar surface area (TPSA) is 80.3 Å². The summed E-state index contributed by atoms with van der Waals surface area (Å²) < 4.78 is 11.5. The third-order valence-corrected chi connectivity index (χ3v) is 4.84. The van der Waals surface area contributed by atoms with Crippen molar-refractivity contribution in [3.05, 3.63) is 35.9 Å². The molecule has 2 aromatic rings. The number of H-pyrrole nitrogens is 1. The van der Waals surface area contributed by atoms with E-state index < -0.39 is 6.10 Å². The van der Waals surface area contributed by atoms with E-state index in [9.17, 15) is 4.79 Å². The van der Waals surface area contributed by atoms with Crippen LogP contribution >= 0.6 is 0 Å². The van der Waals surface area contributed by atoms with Crippen LogP contribution in [0.4, 0.5) is 0 Å². The van der Waals surface area contributed by atoms with Gasteiger partial charge in [0, 0.05) is 25.4 Å². The Morgan fingerprint density at radius 2 is 2.04 bits per heavy atom. The first-order valence-electron chi connectivity index (χ1n) is 8.83. The Labute approximate surface area is 146 Å². The minimum Gasteiger partial charge on any atom is -0.485 e. The SMILES string of the molecule is CCc1nc(C2CCN(C(=O)C3COc4ccccc4O3)CC2)n[nH]1. The number of ether oxygens (including phenoxy) is 2. The van der Waals surface area contributed by atoms with Gasteiger partial charge >= 0.3 is 0 Å². The van der Waals surface area contributed by atoms with E-state index in [1.807, 2.05) is 29.2 Å². The molecule has 1 amide bonds. The quantitative estimate of drug-likeness (QED) is 0.922. The number of amides is 1. The van der Waals surface area contributed by atoms with Crippen LogP contribution in [0.2, 0.25) is 0 Å². The highest BCUT2D eigenvalue weighted by atomic mass is 16.6. The second-order valence-electron chi connectivity index (χ2n) is 6.46. The molecule has 132 valence electrons. The second kappa shape index (κ2) is 6.74. The van der Waals surface area contributed by atoms with Crippen molar-refractivity contribution in [1.82, 2.24) is 20.1 Å². The molecule has 1 fully saturated rings. The molecule has 1 unspecified atom stereocenters. The number of likely N-dealkylation sites (tertiary alicyclic amines) is 1. The highest BCUT2D eigenvalue weighted by Crippen LogP contribution is 2.32. The Balaban J connectivity index is 1.35. The van der Waals surface area contributed by atoms with E-state index in [1.54, 1.807) is 0 Å². The molecule has 2 aliphatic heterocycles. The molecule has 1 aromatic carbocycles. The van der Waals surface area contributed by atoms with E-state index in [1.165, 1.54) is 0 Å². The summed E-state index contributed by atoms with van der Waals surface area (Å²) >= 11 is 0. The minimum absolute atomic E-state index is 0.00260. The Morgan fingerprint density at radius 1 is 1.28 bits per heavy atom. The van der Waals surface area contributed by atoms with Crippen LogP contribution in [0.1, 0.15) is 37.3 Å². The maximum atomic E-state index is 12.7. The lowest BCUT2D eigenvalue weighted by Gasteiger charge is -2.34. The number of carbonyl (C=O) groups excluding carboxylic acids is 1. The average molecular weight is 342 g/mol. The number of hydrogen-bond donors (Lipinski definition) is 1. The minimum atomic E-state index is -0.568. The summed E-state index contributed by atoms with van der Waals surface area (Å²) in [4.78, 5) is 19.1. The summed E-state index contributed by atoms with van der Waals surface area (Å²) in [5.74, 6) is 3.42. The summed E-state index contributed by atoms with van der Waals surface area (Å²) in [5, 5.41) is 7.28. The number of benzene rings is 1. The predicted octanol–water partition coefficient (Wildman–Crippen LogP) is 1.91. The highest BCUT2D eigenvalue weighted by Gasteiger charge is 2.34. The van der Waals surface area contributed by atoms with Crippen LogP contribution in [0.5, 0.6) is 11.5 Å². The van der Waals surface area contributed by atoms with Crippen molar-refractivity contribution >= 4 is 5.91 Å². The highest BCUT2D eigenvalue weighted by molar-refractivity contribution is 5.82. The largest absolute Gasteiger partial charge is 0.485 e. The number of hydrogen-bond acceptors (Lipinski definition) is 5. The van der Waals surface area contributed by atoms with E-state index in [0.717, 1.165) is 30.9 Å². The van der Waals surface area contributed by atoms with E-state index in [2.05, 4.69) is 22.1 Å². The first-order valence-corrected chi connectivity index (χ1v) is 8.83. The number of carbonyl (C=O) groups is 1. The predicted molar refractivity (Wildman–Crippen MR) is 90.7 cm³/mol. The fourth-order valence-corrected chi connectivity index (χ4v) is 3.35. The summed E-state index contributed by atoms with van der Waals surface area (Å²) in [6.07, 6.45) is 2.03. The maximum absolute atomic E-state index is 12.7. The van der Waals surface area contributed by atoms with Gasteiger partial charge in [-0.3, -0.25) is 9.89 Å². The summed E-state index contributed by atoms with van der Waals surface area (Å²) in [6.45, 7) is 3.70. The van der Waals surface area contributed by atoms with Crippen molar-refractivity contribution < 1.29 is 14.3 Å². The fraction of sp³-hybridized carbons (Fsp3) is 0.500. The van der Waals surface area contributed by atoms with Gasteiger partial charge in [-0.05, 0) is 25.0 Å². The van der Waals surface area contributed by atoms with Crippen LogP contribution in [0, 0.1) is 0 Å². The van der Waals surface area contributed by atoms with Crippen molar-refractivity contribution in [2.45, 2.75) is 38.2 Å². The van der Waals surface area contributed by atoms with Crippen molar-refractivity contribution in [3.8, 4) is 11.5 Å². The molecule has 4 rings (SSSR count). The summed E-state index contributed by atoms with van der Waals surface area (Å²) in [7, 11) is 0. The average Bonchev–Trinajstić information content (AvgIpc) is 3.16. The van der Waals surface area contributed by atoms with Gasteiger partial charge in [-0.2, -0.15) is 5.10 Å². The standard InChI is InChI=1S/C18H22N4O3/c1-2-16-19-17(21-20-16)12-7-9-22(10-8-12)18(23)15-11-24-13-5-3-4-6-14(13)25-15/h3-6,12,15H,2,7-11H2,1H3,(H,19,20,21). The molecular weight excluding hydrogens is 320 g/mol. The number of aromatic nitrogens is 3. The number of nitrogens with zero attached hydrogens (tertiary/aromatic N) is 3. The monoisotopic (exact) mass is 342 g/mol. The number of rotatable bonds is 3. The van der Waals surface area contributed by atoms with Gasteiger partial charge < -0.3 is 14.4 Å². The van der Waals surface area contributed by atoms with Crippen LogP contribution in [-0.2, 0) is 11.2 Å². The smallest absolute Gasteiger partial charge is 0.267 e. The van der Waals surface area contributed by atoms with Gasteiger partial charge in [0.2, 0.25) is 6.10 Å². The van der Waals surface area contributed by atoms with Crippen molar-refractivity contribution in [1.29, 1.82) is 0 Å². The molecule has 0 radical (unpaired) electrons. The van der Waals surface area contributed by atoms with Gasteiger partial charge in [-0.15, -0.1) is 0 Å². The van der Waals surface area contributed by atoms with Crippen LogP contribution < -0.4 is 9.47 Å². The zero-order valence-electron chi connectivity index (χ0n) is 14.3. The molecule has 3 heterocycles. The van der Waals surface area contributed by atoms with E-state index in [4.69, 9.17) is 9.47 Å². The molecule has 1 aromatic heterocycles. The molecule has 7 heteroatoms. The molecule has 1 atom stereocenters. The Hall–Kier alpha value is -2.57. The van der Waals surface area contributed by atoms with Gasteiger partial charge in [0.25, 0.3) is 5.91 Å². The lowest BCUT2D eigenvalue weighted by atomic mass is 9.96. The van der Waals surface area contributed by atoms with Gasteiger partial charge in [0.1, 0.15) is 12.4 Å². The van der Waals surface area contributed by atoms with Gasteiger partial charge in [0.15, 0.2) is 17.3 Å². The number of para-hydroxylation sites is 2. The molecule has 25 heavy (non-hydrogen) atoms. The number of piperidine rings is 1. The van der Waals surface area contributed by atoms with Gasteiger partial charge in [0.05, 0.1) is 0 Å². The fourth-order valence-electron chi connectivity index (χ4n) is 3.35. The third-order valence-electron chi connectivity index (χ3n) is 4.84. The molecule has 7 nitrogen and oxygen atoms in total. The summed E-state index contributed by atoms with van der Waals surface area (Å²) in [5.41, 5.74) is 0. The first kappa shape index (κ1) is 15.9. The molecule has 1 N–H and O–H groups in total. The Morgan fingerprint density at radius 3 is 2.76 bits per heavy atom. The second-order valence-corrected chi connectivity index (χ2v) is 6.46. The number of aryl methyl sites for hydroxylation is 1. The molecule has 0 saturated carbocycles. The lowest BCUT2D eigenvalue weighted by Crippen LogP contribution is -2.48. The summed E-state index contributed by atoms with van der Waals surface area (Å²) in [6, 6.07) is 7.45. The lowest BCUT2D eigenvalue weighted by molar-refractivity contribution is -0.142. The third kappa shape index (κ3) is 3.18. The number of aromatic amines is 1. The van der Waals surface area contributed by atoms with E-state index in [-0.39, 0.29) is 12.5 Å². The maximum Gasteiger partial charge on any atom is 0.267 e. The molecule has 2 aliphatic rings. The Kier molecular flexibility index (Phi) is 4.29. The van der Waals surface area contributed by atoms with Gasteiger partial charge in [-0.1, -0.05) is 19.1 Å². The molecule has 0 bridgehead atoms. The normalized spacial score (nSPS) is 20.5. The van der Waals surface area contributed by atoms with E-state index in [0.29, 0.717) is 30.5 Å². The van der Waals surface area contributed by atoms with Crippen LogP contribution in [-0.4, -0.2) is 51.8 Å². The molecule has 0 spiro atoms. The zero-order chi connectivity index (χ0) is 17.2. The van der Waals surface area contributed by atoms with Gasteiger partial charge in [-0.25, -0.2) is 4.98 Å². The zero-order valence-corrected chi connectivity index (χ0v) is 14.3.